The van der Waals surface area contributed by atoms with E-state index in [1.54, 1.807) is 19.2 Å². The number of benzene rings is 2. The van der Waals surface area contributed by atoms with Crippen LogP contribution in [0.25, 0.3) is 11.0 Å². The Morgan fingerprint density at radius 3 is 2.75 bits per heavy atom. The van der Waals surface area contributed by atoms with Gasteiger partial charge in [-0.1, -0.05) is 0 Å². The second kappa shape index (κ2) is 6.02. The van der Waals surface area contributed by atoms with E-state index in [1.807, 2.05) is 19.1 Å². The molecule has 1 unspecified atom stereocenters. The Balaban J connectivity index is 1.78. The lowest BCUT2D eigenvalue weighted by molar-refractivity contribution is -0.135. The summed E-state index contributed by atoms with van der Waals surface area (Å²) in [5.41, 5.74) is 2.23. The normalized spacial score (nSPS) is 17.4. The van der Waals surface area contributed by atoms with Gasteiger partial charge in [0.05, 0.1) is 13.5 Å². The molecule has 0 N–H and O–H groups in total. The van der Waals surface area contributed by atoms with Gasteiger partial charge in [0.15, 0.2) is 11.5 Å². The lowest BCUT2D eigenvalue weighted by Crippen LogP contribution is -2.21. The lowest BCUT2D eigenvalue weighted by atomic mass is 9.84. The van der Waals surface area contributed by atoms with Gasteiger partial charge in [0, 0.05) is 22.9 Å². The van der Waals surface area contributed by atoms with E-state index in [1.165, 1.54) is 6.07 Å². The molecule has 2 aromatic carbocycles. The molecule has 2 aliphatic heterocycles. The number of hydrogen-bond donors (Lipinski definition) is 0. The van der Waals surface area contributed by atoms with Gasteiger partial charge in [-0.15, -0.1) is 0 Å². The third-order valence-electron chi connectivity index (χ3n) is 5.14. The number of aryl methyl sites for hydroxylation is 1. The minimum Gasteiger partial charge on any atom is -0.493 e. The van der Waals surface area contributed by atoms with Gasteiger partial charge in [-0.05, 0) is 42.3 Å². The number of esters is 1. The van der Waals surface area contributed by atoms with Gasteiger partial charge >= 0.3 is 11.6 Å². The number of hydrogen-bond acceptors (Lipinski definition) is 7. The molecule has 0 bridgehead atoms. The Bertz CT molecular complexity index is 1190. The predicted molar refractivity (Wildman–Crippen MR) is 98.4 cm³/mol. The molecule has 1 aromatic heterocycles. The quantitative estimate of drug-likeness (QED) is 0.383. The van der Waals surface area contributed by atoms with Crippen molar-refractivity contribution in [1.82, 2.24) is 0 Å². The molecule has 142 valence electrons. The Morgan fingerprint density at radius 1 is 1.07 bits per heavy atom. The van der Waals surface area contributed by atoms with Crippen molar-refractivity contribution in [3.05, 3.63) is 57.4 Å². The topological polar surface area (TPSA) is 84.2 Å². The molecule has 5 rings (SSSR count). The first kappa shape index (κ1) is 16.7. The van der Waals surface area contributed by atoms with Gasteiger partial charge in [-0.25, -0.2) is 4.79 Å². The number of carbonyl (C=O) groups is 1. The van der Waals surface area contributed by atoms with Crippen molar-refractivity contribution in [3.63, 3.8) is 0 Å². The van der Waals surface area contributed by atoms with Crippen LogP contribution in [-0.2, 0) is 4.79 Å². The summed E-state index contributed by atoms with van der Waals surface area (Å²) < 4.78 is 27.4. The van der Waals surface area contributed by atoms with Gasteiger partial charge in [-0.2, -0.15) is 0 Å². The Kier molecular flexibility index (Phi) is 3.58. The highest BCUT2D eigenvalue weighted by Crippen LogP contribution is 2.48. The minimum atomic E-state index is -0.447. The predicted octanol–water partition coefficient (Wildman–Crippen LogP) is 3.28. The third kappa shape index (κ3) is 2.43. The van der Waals surface area contributed by atoms with Crippen LogP contribution in [0.15, 0.2) is 39.5 Å². The van der Waals surface area contributed by atoms with Crippen molar-refractivity contribution in [1.29, 1.82) is 0 Å². The van der Waals surface area contributed by atoms with E-state index in [0.29, 0.717) is 34.1 Å². The molecular weight excluding hydrogens is 364 g/mol. The average molecular weight is 380 g/mol. The largest absolute Gasteiger partial charge is 0.493 e. The zero-order valence-electron chi connectivity index (χ0n) is 15.2. The number of methoxy groups -OCH3 is 1. The number of fused-ring (bicyclic) bond motifs is 4. The van der Waals surface area contributed by atoms with Crippen LogP contribution in [0.5, 0.6) is 23.0 Å². The number of carbonyl (C=O) groups excluding carboxylic acids is 1. The van der Waals surface area contributed by atoms with Crippen molar-refractivity contribution in [2.24, 2.45) is 0 Å². The first-order chi connectivity index (χ1) is 13.5. The summed E-state index contributed by atoms with van der Waals surface area (Å²) in [7, 11) is 1.54. The van der Waals surface area contributed by atoms with Crippen LogP contribution in [0.4, 0.5) is 0 Å². The minimum absolute atomic E-state index is 0.104. The third-order valence-corrected chi connectivity index (χ3v) is 5.14. The van der Waals surface area contributed by atoms with Crippen LogP contribution in [0.2, 0.25) is 0 Å². The molecule has 0 spiro atoms. The fraction of sp³-hybridized carbons (Fsp3) is 0.238. The van der Waals surface area contributed by atoms with Gasteiger partial charge in [-0.3, -0.25) is 4.79 Å². The highest BCUT2D eigenvalue weighted by molar-refractivity contribution is 5.90. The van der Waals surface area contributed by atoms with Crippen molar-refractivity contribution in [3.8, 4) is 23.0 Å². The van der Waals surface area contributed by atoms with Crippen LogP contribution < -0.4 is 24.6 Å². The Morgan fingerprint density at radius 2 is 1.93 bits per heavy atom. The monoisotopic (exact) mass is 380 g/mol. The van der Waals surface area contributed by atoms with E-state index in [2.05, 4.69) is 0 Å². The molecule has 7 nitrogen and oxygen atoms in total. The molecular formula is C21H16O7. The molecule has 3 aromatic rings. The molecule has 0 saturated carbocycles. The van der Waals surface area contributed by atoms with Crippen LogP contribution in [-0.4, -0.2) is 19.9 Å². The highest BCUT2D eigenvalue weighted by Gasteiger charge is 2.34. The van der Waals surface area contributed by atoms with Gasteiger partial charge < -0.3 is 23.4 Å². The molecule has 0 aliphatic carbocycles. The van der Waals surface area contributed by atoms with Gasteiger partial charge in [0.2, 0.25) is 12.5 Å². The second-order valence-corrected chi connectivity index (χ2v) is 6.79. The van der Waals surface area contributed by atoms with Gasteiger partial charge in [0.1, 0.15) is 11.3 Å². The molecule has 0 radical (unpaired) electrons. The van der Waals surface area contributed by atoms with Crippen molar-refractivity contribution in [2.75, 3.05) is 13.9 Å². The van der Waals surface area contributed by atoms with E-state index >= 15 is 0 Å². The standard InChI is InChI=1S/C21H16O7/c1-10-5-17(22)28-20-12(10)3-4-14-19(20)13(8-18(23)27-14)11-6-15(24-2)21-16(7-11)25-9-26-21/h3-7,13H,8-9H2,1-2H3. The first-order valence-corrected chi connectivity index (χ1v) is 8.80. The van der Waals surface area contributed by atoms with E-state index in [9.17, 15) is 9.59 Å². The molecule has 3 heterocycles. The number of ether oxygens (including phenoxy) is 4. The van der Waals surface area contributed by atoms with Gasteiger partial charge in [0.25, 0.3) is 0 Å². The van der Waals surface area contributed by atoms with E-state index < -0.39 is 5.63 Å². The maximum atomic E-state index is 12.3. The Hall–Kier alpha value is -3.48. The molecule has 0 amide bonds. The summed E-state index contributed by atoms with van der Waals surface area (Å²) in [6.45, 7) is 1.95. The zero-order chi connectivity index (χ0) is 19.4. The molecule has 0 saturated heterocycles. The van der Waals surface area contributed by atoms with Crippen LogP contribution in [0, 0.1) is 6.92 Å². The summed E-state index contributed by atoms with van der Waals surface area (Å²) >= 11 is 0. The smallest absolute Gasteiger partial charge is 0.336 e. The maximum Gasteiger partial charge on any atom is 0.336 e. The van der Waals surface area contributed by atoms with E-state index in [-0.39, 0.29) is 25.1 Å². The SMILES string of the molecule is COc1cc(C2CC(=O)Oc3ccc4c(C)cc(=O)oc4c32)cc2c1OCO2. The van der Waals surface area contributed by atoms with E-state index in [4.69, 9.17) is 23.4 Å². The molecule has 2 aliphatic rings. The maximum absolute atomic E-state index is 12.3. The lowest BCUT2D eigenvalue weighted by Gasteiger charge is -2.26. The molecule has 0 fully saturated rings. The van der Waals surface area contributed by atoms with Crippen LogP contribution in [0.3, 0.4) is 0 Å². The van der Waals surface area contributed by atoms with E-state index in [0.717, 1.165) is 16.5 Å². The van der Waals surface area contributed by atoms with Crippen molar-refractivity contribution >= 4 is 16.9 Å². The molecule has 7 heteroatoms. The average Bonchev–Trinajstić information content (AvgIpc) is 3.14. The number of rotatable bonds is 2. The first-order valence-electron chi connectivity index (χ1n) is 8.80. The summed E-state index contributed by atoms with van der Waals surface area (Å²) in [5, 5.41) is 0.800. The van der Waals surface area contributed by atoms with Crippen LogP contribution >= 0.6 is 0 Å². The molecule has 28 heavy (non-hydrogen) atoms. The fourth-order valence-electron chi connectivity index (χ4n) is 3.87. The Labute approximate surface area is 159 Å². The summed E-state index contributed by atoms with van der Waals surface area (Å²) in [6.07, 6.45) is 0.104. The fourth-order valence-corrected chi connectivity index (χ4v) is 3.87. The molecule has 1 atom stereocenters. The van der Waals surface area contributed by atoms with Crippen molar-refractivity contribution in [2.45, 2.75) is 19.3 Å². The van der Waals surface area contributed by atoms with Crippen molar-refractivity contribution < 1.29 is 28.2 Å². The second-order valence-electron chi connectivity index (χ2n) is 6.79. The highest BCUT2D eigenvalue weighted by atomic mass is 16.7. The summed E-state index contributed by atoms with van der Waals surface area (Å²) in [5.74, 6) is 1.25. The zero-order valence-corrected chi connectivity index (χ0v) is 15.2. The van der Waals surface area contributed by atoms with Crippen LogP contribution in [0.1, 0.15) is 29.0 Å². The summed E-state index contributed by atoms with van der Waals surface area (Å²) in [6, 6.07) is 8.61. The summed E-state index contributed by atoms with van der Waals surface area (Å²) in [4.78, 5) is 24.3.